The number of nitrogens with one attached hydrogen (secondary N) is 1. The van der Waals surface area contributed by atoms with Gasteiger partial charge in [-0.15, -0.1) is 11.8 Å². The van der Waals surface area contributed by atoms with E-state index in [-0.39, 0.29) is 0 Å². The molecule has 0 fully saturated rings. The summed E-state index contributed by atoms with van der Waals surface area (Å²) in [7, 11) is 3.24. The van der Waals surface area contributed by atoms with Gasteiger partial charge < -0.3 is 4.74 Å². The summed E-state index contributed by atoms with van der Waals surface area (Å²) in [6.45, 7) is 0. The van der Waals surface area contributed by atoms with Gasteiger partial charge in [0.25, 0.3) is 0 Å². The maximum Gasteiger partial charge on any atom is 0.413 e. The lowest BCUT2D eigenvalue weighted by Gasteiger charge is -2.10. The highest BCUT2D eigenvalue weighted by molar-refractivity contribution is 7.98. The first-order valence-corrected chi connectivity index (χ1v) is 6.99. The molecule has 0 atom stereocenters. The quantitative estimate of drug-likeness (QED) is 0.869. The normalized spacial score (nSPS) is 12.8. The highest BCUT2D eigenvalue weighted by atomic mass is 32.2. The van der Waals surface area contributed by atoms with E-state index in [0.717, 1.165) is 26.9 Å². The van der Waals surface area contributed by atoms with Gasteiger partial charge in [-0.25, -0.2) is 9.78 Å². The lowest BCUT2D eigenvalue weighted by Crippen LogP contribution is -2.10. The number of thiazole rings is 1. The van der Waals surface area contributed by atoms with Gasteiger partial charge in [-0.1, -0.05) is 11.3 Å². The van der Waals surface area contributed by atoms with Gasteiger partial charge in [0.05, 0.1) is 34.5 Å². The predicted molar refractivity (Wildman–Crippen MR) is 69.9 cm³/mol. The second-order valence-corrected chi connectivity index (χ2v) is 5.70. The summed E-state index contributed by atoms with van der Waals surface area (Å²) in [6.07, 6.45) is 1.36. The topological polar surface area (TPSA) is 69.0 Å². The summed E-state index contributed by atoms with van der Waals surface area (Å²) in [5.74, 6) is 0.799. The maximum atomic E-state index is 11.2. The summed E-state index contributed by atoms with van der Waals surface area (Å²) in [5, 5.41) is 7.40. The molecule has 0 unspecified atom stereocenters. The average Bonchev–Trinajstić information content (AvgIpc) is 2.92. The van der Waals surface area contributed by atoms with Gasteiger partial charge in [0.15, 0.2) is 5.13 Å². The summed E-state index contributed by atoms with van der Waals surface area (Å²) < 4.78 is 6.39. The molecule has 0 saturated heterocycles. The third kappa shape index (κ3) is 1.77. The molecule has 1 amide bonds. The van der Waals surface area contributed by atoms with E-state index < -0.39 is 6.09 Å². The number of nitrogens with zero attached hydrogens (tertiary/aromatic N) is 3. The van der Waals surface area contributed by atoms with Crippen LogP contribution in [0.15, 0.2) is 11.1 Å². The molecule has 0 aliphatic carbocycles. The van der Waals surface area contributed by atoms with Crippen molar-refractivity contribution >= 4 is 34.3 Å². The molecule has 0 bridgehead atoms. The zero-order valence-corrected chi connectivity index (χ0v) is 11.4. The molecule has 1 N–H and O–H groups in total. The van der Waals surface area contributed by atoms with E-state index in [4.69, 9.17) is 0 Å². The number of ether oxygens (including phenoxy) is 1. The Hall–Kier alpha value is -1.54. The molecule has 3 rings (SSSR count). The van der Waals surface area contributed by atoms with Crippen molar-refractivity contribution in [3.05, 3.63) is 11.9 Å². The Bertz CT molecular complexity index is 619. The molecule has 2 aromatic rings. The number of carbonyl (C=O) groups is 1. The third-order valence-corrected chi connectivity index (χ3v) is 4.62. The number of rotatable bonds is 1. The van der Waals surface area contributed by atoms with Crippen molar-refractivity contribution in [3.63, 3.8) is 0 Å². The molecule has 0 spiro atoms. The molecule has 18 heavy (non-hydrogen) atoms. The molecule has 1 aliphatic heterocycles. The fourth-order valence-electron chi connectivity index (χ4n) is 1.75. The van der Waals surface area contributed by atoms with Crippen molar-refractivity contribution in [1.29, 1.82) is 0 Å². The van der Waals surface area contributed by atoms with E-state index in [1.807, 2.05) is 17.9 Å². The number of methoxy groups -OCH3 is 1. The number of hydrogen-bond donors (Lipinski definition) is 1. The highest BCUT2D eigenvalue weighted by Gasteiger charge is 2.25. The molecule has 0 aromatic carbocycles. The molecular weight excluding hydrogens is 272 g/mol. The first kappa shape index (κ1) is 11.5. The van der Waals surface area contributed by atoms with Gasteiger partial charge in [-0.05, 0) is 0 Å². The smallest absolute Gasteiger partial charge is 0.413 e. The number of thioether (sulfide) groups is 1. The SMILES string of the molecule is COC(=O)Nc1nc2c(s1)-c1c(cnn1C)SC2. The van der Waals surface area contributed by atoms with Crippen LogP contribution >= 0.6 is 23.1 Å². The monoisotopic (exact) mass is 282 g/mol. The van der Waals surface area contributed by atoms with Crippen LogP contribution in [-0.2, 0) is 17.5 Å². The van der Waals surface area contributed by atoms with Gasteiger partial charge in [0.1, 0.15) is 0 Å². The molecular formula is C10H10N4O2S2. The average molecular weight is 282 g/mol. The Kier molecular flexibility index (Phi) is 2.75. The molecule has 0 saturated carbocycles. The zero-order valence-electron chi connectivity index (χ0n) is 9.76. The van der Waals surface area contributed by atoms with E-state index in [2.05, 4.69) is 20.1 Å². The van der Waals surface area contributed by atoms with Crippen molar-refractivity contribution in [2.24, 2.45) is 7.05 Å². The first-order chi connectivity index (χ1) is 8.69. The van der Waals surface area contributed by atoms with Crippen molar-refractivity contribution in [2.75, 3.05) is 12.4 Å². The molecule has 94 valence electrons. The minimum absolute atomic E-state index is 0.501. The van der Waals surface area contributed by atoms with Gasteiger partial charge in [0.2, 0.25) is 0 Å². The number of aryl methyl sites for hydroxylation is 1. The number of carbonyl (C=O) groups excluding carboxylic acids is 1. The summed E-state index contributed by atoms with van der Waals surface area (Å²) in [6, 6.07) is 0. The van der Waals surface area contributed by atoms with Crippen LogP contribution in [0.5, 0.6) is 0 Å². The van der Waals surface area contributed by atoms with E-state index in [0.29, 0.717) is 5.13 Å². The van der Waals surface area contributed by atoms with E-state index in [1.165, 1.54) is 18.4 Å². The molecule has 6 nitrogen and oxygen atoms in total. The van der Waals surface area contributed by atoms with Crippen molar-refractivity contribution in [1.82, 2.24) is 14.8 Å². The van der Waals surface area contributed by atoms with Crippen LogP contribution in [0, 0.1) is 0 Å². The zero-order chi connectivity index (χ0) is 12.7. The molecule has 8 heteroatoms. The van der Waals surface area contributed by atoms with Gasteiger partial charge >= 0.3 is 6.09 Å². The van der Waals surface area contributed by atoms with Crippen molar-refractivity contribution in [2.45, 2.75) is 10.6 Å². The van der Waals surface area contributed by atoms with Crippen LogP contribution in [0.25, 0.3) is 10.6 Å². The summed E-state index contributed by atoms with van der Waals surface area (Å²) >= 11 is 3.15. The van der Waals surface area contributed by atoms with Crippen LogP contribution in [0.3, 0.4) is 0 Å². The molecule has 0 radical (unpaired) electrons. The first-order valence-electron chi connectivity index (χ1n) is 5.19. The largest absolute Gasteiger partial charge is 0.453 e. The Balaban J connectivity index is 2.01. The fourth-order valence-corrected chi connectivity index (χ4v) is 3.96. The number of hydrogen-bond acceptors (Lipinski definition) is 6. The third-order valence-electron chi connectivity index (χ3n) is 2.58. The Labute approximate surface area is 111 Å². The molecule has 2 aromatic heterocycles. The van der Waals surface area contributed by atoms with Gasteiger partial charge in [-0.2, -0.15) is 5.10 Å². The van der Waals surface area contributed by atoms with Crippen molar-refractivity contribution in [3.8, 4) is 10.6 Å². The highest BCUT2D eigenvalue weighted by Crippen LogP contribution is 2.44. The fraction of sp³-hybridized carbons (Fsp3) is 0.300. The number of aromatic nitrogens is 3. The summed E-state index contributed by atoms with van der Waals surface area (Å²) in [5.41, 5.74) is 2.05. The Morgan fingerprint density at radius 2 is 2.44 bits per heavy atom. The molecule has 3 heterocycles. The number of amides is 1. The van der Waals surface area contributed by atoms with Gasteiger partial charge in [-0.3, -0.25) is 10.00 Å². The van der Waals surface area contributed by atoms with Crippen LogP contribution in [0.4, 0.5) is 9.93 Å². The number of fused-ring (bicyclic) bond motifs is 3. The minimum Gasteiger partial charge on any atom is -0.453 e. The molecule has 1 aliphatic rings. The second-order valence-electron chi connectivity index (χ2n) is 3.68. The Morgan fingerprint density at radius 1 is 1.61 bits per heavy atom. The van der Waals surface area contributed by atoms with Gasteiger partial charge in [0, 0.05) is 12.8 Å². The minimum atomic E-state index is -0.501. The second kappa shape index (κ2) is 4.29. The number of anilines is 1. The van der Waals surface area contributed by atoms with Crippen LogP contribution in [-0.4, -0.2) is 28.0 Å². The summed E-state index contributed by atoms with van der Waals surface area (Å²) in [4.78, 5) is 17.8. The van der Waals surface area contributed by atoms with E-state index in [9.17, 15) is 4.79 Å². The standard InChI is InChI=1S/C10H10N4O2S2/c1-14-7-6(3-11-14)17-4-5-8(7)18-9(12-5)13-10(15)16-2/h3H,4H2,1-2H3,(H,12,13,15). The van der Waals surface area contributed by atoms with E-state index >= 15 is 0 Å². The lowest BCUT2D eigenvalue weighted by atomic mass is 10.3. The Morgan fingerprint density at radius 3 is 3.22 bits per heavy atom. The van der Waals surface area contributed by atoms with Crippen LogP contribution in [0.2, 0.25) is 0 Å². The predicted octanol–water partition coefficient (Wildman–Crippen LogP) is 2.33. The van der Waals surface area contributed by atoms with Crippen LogP contribution < -0.4 is 5.32 Å². The lowest BCUT2D eigenvalue weighted by molar-refractivity contribution is 0.187. The van der Waals surface area contributed by atoms with E-state index in [1.54, 1.807) is 11.8 Å². The van der Waals surface area contributed by atoms with Crippen molar-refractivity contribution < 1.29 is 9.53 Å². The van der Waals surface area contributed by atoms with Crippen LogP contribution in [0.1, 0.15) is 5.69 Å². The maximum absolute atomic E-state index is 11.2.